The third kappa shape index (κ3) is 4.17. The molecule has 0 amide bonds. The molecule has 1 aromatic carbocycles. The van der Waals surface area contributed by atoms with Gasteiger partial charge in [-0.15, -0.1) is 0 Å². The van der Waals surface area contributed by atoms with Gasteiger partial charge in [-0.1, -0.05) is 13.8 Å². The van der Waals surface area contributed by atoms with Crippen molar-refractivity contribution in [2.24, 2.45) is 5.92 Å². The van der Waals surface area contributed by atoms with Crippen molar-refractivity contribution in [2.75, 3.05) is 27.9 Å². The second-order valence-electron chi connectivity index (χ2n) is 4.83. The molecular formula is C15H21ClO5. The Morgan fingerprint density at radius 3 is 2.14 bits per heavy atom. The average molecular weight is 317 g/mol. The van der Waals surface area contributed by atoms with Crippen molar-refractivity contribution in [3.63, 3.8) is 0 Å². The van der Waals surface area contributed by atoms with Crippen molar-refractivity contribution in [1.29, 1.82) is 0 Å². The highest BCUT2D eigenvalue weighted by Gasteiger charge is 2.25. The van der Waals surface area contributed by atoms with Crippen LogP contribution in [0.2, 0.25) is 0 Å². The standard InChI is InChI=1S/C15H21ClO5/c1-9(2)6-7-21-12-10(15(16)17)8-11(18-3)13(19-4)14(12)20-5/h8-9H,6-7H2,1-5H3. The van der Waals surface area contributed by atoms with Crippen molar-refractivity contribution in [1.82, 2.24) is 0 Å². The van der Waals surface area contributed by atoms with Gasteiger partial charge in [-0.3, -0.25) is 4.79 Å². The van der Waals surface area contributed by atoms with Crippen LogP contribution in [-0.4, -0.2) is 33.2 Å². The molecule has 1 aromatic rings. The molecule has 0 spiro atoms. The van der Waals surface area contributed by atoms with Gasteiger partial charge in [0, 0.05) is 6.07 Å². The van der Waals surface area contributed by atoms with Crippen LogP contribution in [0.25, 0.3) is 0 Å². The lowest BCUT2D eigenvalue weighted by Gasteiger charge is -2.19. The minimum absolute atomic E-state index is 0.190. The molecule has 0 aliphatic carbocycles. The summed E-state index contributed by atoms with van der Waals surface area (Å²) in [6, 6.07) is 1.49. The molecule has 0 saturated heterocycles. The van der Waals surface area contributed by atoms with Crippen LogP contribution in [-0.2, 0) is 0 Å². The normalized spacial score (nSPS) is 10.4. The van der Waals surface area contributed by atoms with Crippen LogP contribution in [0.4, 0.5) is 0 Å². The van der Waals surface area contributed by atoms with E-state index < -0.39 is 5.24 Å². The van der Waals surface area contributed by atoms with E-state index >= 15 is 0 Å². The first-order valence-electron chi connectivity index (χ1n) is 6.61. The van der Waals surface area contributed by atoms with Crippen LogP contribution >= 0.6 is 11.6 Å². The Balaban J connectivity index is 3.31. The first kappa shape index (κ1) is 17.4. The lowest BCUT2D eigenvalue weighted by molar-refractivity contribution is 0.107. The van der Waals surface area contributed by atoms with Gasteiger partial charge in [0.15, 0.2) is 11.5 Å². The maximum absolute atomic E-state index is 11.6. The van der Waals surface area contributed by atoms with Crippen LogP contribution in [0, 0.1) is 5.92 Å². The van der Waals surface area contributed by atoms with E-state index in [1.165, 1.54) is 27.4 Å². The highest BCUT2D eigenvalue weighted by atomic mass is 35.5. The number of ether oxygens (including phenoxy) is 4. The van der Waals surface area contributed by atoms with E-state index in [4.69, 9.17) is 30.5 Å². The number of rotatable bonds is 8. The zero-order chi connectivity index (χ0) is 16.0. The molecule has 0 aromatic heterocycles. The van der Waals surface area contributed by atoms with Gasteiger partial charge >= 0.3 is 0 Å². The Morgan fingerprint density at radius 2 is 1.71 bits per heavy atom. The zero-order valence-electron chi connectivity index (χ0n) is 13.0. The average Bonchev–Trinajstić information content (AvgIpc) is 2.45. The van der Waals surface area contributed by atoms with Crippen LogP contribution in [0.3, 0.4) is 0 Å². The fraction of sp³-hybridized carbons (Fsp3) is 0.533. The van der Waals surface area contributed by atoms with Crippen molar-refractivity contribution in [2.45, 2.75) is 20.3 Å². The van der Waals surface area contributed by atoms with Crippen molar-refractivity contribution in [3.8, 4) is 23.0 Å². The molecule has 0 unspecified atom stereocenters. The molecule has 0 radical (unpaired) electrons. The second kappa shape index (κ2) is 7.98. The summed E-state index contributed by atoms with van der Waals surface area (Å²) in [6.07, 6.45) is 0.841. The minimum atomic E-state index is -0.645. The van der Waals surface area contributed by atoms with E-state index in [1.807, 2.05) is 0 Å². The number of carbonyl (C=O) groups is 1. The number of hydrogen-bond donors (Lipinski definition) is 0. The second-order valence-corrected chi connectivity index (χ2v) is 5.17. The maximum atomic E-state index is 11.6. The molecule has 21 heavy (non-hydrogen) atoms. The molecule has 0 aliphatic heterocycles. The van der Waals surface area contributed by atoms with Gasteiger partial charge in [0.2, 0.25) is 11.5 Å². The van der Waals surface area contributed by atoms with Crippen LogP contribution in [0.1, 0.15) is 30.6 Å². The van der Waals surface area contributed by atoms with Gasteiger partial charge < -0.3 is 18.9 Å². The van der Waals surface area contributed by atoms with E-state index in [0.717, 1.165) is 6.42 Å². The Morgan fingerprint density at radius 1 is 1.10 bits per heavy atom. The summed E-state index contributed by atoms with van der Waals surface area (Å²) in [5.74, 6) is 1.77. The molecule has 0 fully saturated rings. The van der Waals surface area contributed by atoms with Crippen LogP contribution in [0.15, 0.2) is 6.07 Å². The molecule has 1 rings (SSSR count). The van der Waals surface area contributed by atoms with Gasteiger partial charge in [0.1, 0.15) is 0 Å². The minimum Gasteiger partial charge on any atom is -0.493 e. The van der Waals surface area contributed by atoms with E-state index in [0.29, 0.717) is 29.8 Å². The molecular weight excluding hydrogens is 296 g/mol. The summed E-state index contributed by atoms with van der Waals surface area (Å²) in [7, 11) is 4.43. The summed E-state index contributed by atoms with van der Waals surface area (Å²) in [6.45, 7) is 4.62. The predicted molar refractivity (Wildman–Crippen MR) is 81.2 cm³/mol. The number of halogens is 1. The van der Waals surface area contributed by atoms with Gasteiger partial charge in [-0.05, 0) is 23.9 Å². The number of methoxy groups -OCH3 is 3. The van der Waals surface area contributed by atoms with E-state index in [2.05, 4.69) is 13.8 Å². The summed E-state index contributed by atoms with van der Waals surface area (Å²) >= 11 is 5.63. The largest absolute Gasteiger partial charge is 0.493 e. The van der Waals surface area contributed by atoms with Gasteiger partial charge in [-0.25, -0.2) is 0 Å². The summed E-state index contributed by atoms with van der Waals surface area (Å²) in [5, 5.41) is -0.645. The summed E-state index contributed by atoms with van der Waals surface area (Å²) in [5.41, 5.74) is 0.190. The lowest BCUT2D eigenvalue weighted by atomic mass is 10.1. The highest BCUT2D eigenvalue weighted by molar-refractivity contribution is 6.68. The Kier molecular flexibility index (Phi) is 6.62. The molecule has 6 heteroatoms. The molecule has 5 nitrogen and oxygen atoms in total. The van der Waals surface area contributed by atoms with Crippen LogP contribution < -0.4 is 18.9 Å². The van der Waals surface area contributed by atoms with Crippen LogP contribution in [0.5, 0.6) is 23.0 Å². The molecule has 0 atom stereocenters. The Labute approximate surface area is 130 Å². The van der Waals surface area contributed by atoms with E-state index in [1.54, 1.807) is 0 Å². The first-order chi connectivity index (χ1) is 9.96. The van der Waals surface area contributed by atoms with Crippen molar-refractivity contribution in [3.05, 3.63) is 11.6 Å². The fourth-order valence-corrected chi connectivity index (χ4v) is 1.96. The maximum Gasteiger partial charge on any atom is 0.256 e. The van der Waals surface area contributed by atoms with Gasteiger partial charge in [-0.2, -0.15) is 0 Å². The summed E-state index contributed by atoms with van der Waals surface area (Å²) in [4.78, 5) is 11.6. The molecule has 0 saturated carbocycles. The highest BCUT2D eigenvalue weighted by Crippen LogP contribution is 2.47. The molecule has 118 valence electrons. The predicted octanol–water partition coefficient (Wildman–Crippen LogP) is 3.52. The monoisotopic (exact) mass is 316 g/mol. The Hall–Kier alpha value is -1.62. The quantitative estimate of drug-likeness (QED) is 0.687. The van der Waals surface area contributed by atoms with E-state index in [-0.39, 0.29) is 11.3 Å². The molecule has 0 N–H and O–H groups in total. The third-order valence-corrected chi connectivity index (χ3v) is 3.14. The SMILES string of the molecule is COc1cc(C(=O)Cl)c(OCCC(C)C)c(OC)c1OC. The third-order valence-electron chi connectivity index (χ3n) is 2.94. The lowest BCUT2D eigenvalue weighted by Crippen LogP contribution is -2.08. The zero-order valence-corrected chi connectivity index (χ0v) is 13.7. The molecule has 0 heterocycles. The number of carbonyl (C=O) groups excluding carboxylic acids is 1. The molecule has 0 bridgehead atoms. The van der Waals surface area contributed by atoms with Crippen molar-refractivity contribution < 1.29 is 23.7 Å². The van der Waals surface area contributed by atoms with Gasteiger partial charge in [0.05, 0.1) is 33.5 Å². The number of benzene rings is 1. The molecule has 0 aliphatic rings. The van der Waals surface area contributed by atoms with Crippen molar-refractivity contribution >= 4 is 16.8 Å². The first-order valence-corrected chi connectivity index (χ1v) is 6.99. The van der Waals surface area contributed by atoms with Gasteiger partial charge in [0.25, 0.3) is 5.24 Å². The Bertz CT molecular complexity index is 499. The summed E-state index contributed by atoms with van der Waals surface area (Å²) < 4.78 is 21.5. The smallest absolute Gasteiger partial charge is 0.256 e. The topological polar surface area (TPSA) is 54.0 Å². The van der Waals surface area contributed by atoms with E-state index in [9.17, 15) is 4.79 Å². The number of hydrogen-bond acceptors (Lipinski definition) is 5. The fourth-order valence-electron chi connectivity index (χ4n) is 1.82.